The van der Waals surface area contributed by atoms with Gasteiger partial charge in [0.05, 0.1) is 6.42 Å². The number of hydrogen-bond donors (Lipinski definition) is 2. The van der Waals surface area contributed by atoms with Crippen molar-refractivity contribution in [2.75, 3.05) is 0 Å². The van der Waals surface area contributed by atoms with Crippen molar-refractivity contribution in [1.82, 2.24) is 5.32 Å². The summed E-state index contributed by atoms with van der Waals surface area (Å²) in [5.74, 6) is -1.35. The van der Waals surface area contributed by atoms with Gasteiger partial charge in [-0.2, -0.15) is 0 Å². The van der Waals surface area contributed by atoms with Gasteiger partial charge in [0.15, 0.2) is 0 Å². The third kappa shape index (κ3) is 9.89. The van der Waals surface area contributed by atoms with Gasteiger partial charge in [0, 0.05) is 19.4 Å². The molecule has 0 aromatic heterocycles. The van der Waals surface area contributed by atoms with Gasteiger partial charge in [-0.25, -0.2) is 0 Å². The first-order chi connectivity index (χ1) is 20.0. The maximum atomic E-state index is 13.4. The van der Waals surface area contributed by atoms with E-state index in [0.717, 1.165) is 27.5 Å². The van der Waals surface area contributed by atoms with Gasteiger partial charge in [0.2, 0.25) is 5.91 Å². The van der Waals surface area contributed by atoms with Crippen LogP contribution in [0, 0.1) is 0 Å². The fourth-order valence-corrected chi connectivity index (χ4v) is 4.66. The Morgan fingerprint density at radius 2 is 1.41 bits per heavy atom. The van der Waals surface area contributed by atoms with Crippen LogP contribution >= 0.6 is 0 Å². The Morgan fingerprint density at radius 3 is 2.12 bits per heavy atom. The fourth-order valence-electron chi connectivity index (χ4n) is 4.66. The molecule has 0 heterocycles. The molecule has 2 atom stereocenters. The summed E-state index contributed by atoms with van der Waals surface area (Å²) in [6, 6.07) is 32.5. The topological polar surface area (TPSA) is 108 Å². The summed E-state index contributed by atoms with van der Waals surface area (Å²) in [5, 5.41) is 5.44. The summed E-state index contributed by atoms with van der Waals surface area (Å²) in [7, 11) is 0. The average Bonchev–Trinajstić information content (AvgIpc) is 2.98. The van der Waals surface area contributed by atoms with Gasteiger partial charge in [0.1, 0.15) is 18.8 Å². The van der Waals surface area contributed by atoms with Crippen molar-refractivity contribution in [2.24, 2.45) is 5.73 Å². The molecule has 4 rings (SSSR count). The maximum absolute atomic E-state index is 13.4. The molecule has 4 aromatic carbocycles. The van der Waals surface area contributed by atoms with Crippen LogP contribution in [0.2, 0.25) is 0 Å². The van der Waals surface area contributed by atoms with Crippen LogP contribution in [0.5, 0.6) is 0 Å². The van der Waals surface area contributed by atoms with Crippen LogP contribution in [0.15, 0.2) is 103 Å². The van der Waals surface area contributed by atoms with E-state index in [2.05, 4.69) is 5.32 Å². The molecule has 41 heavy (non-hydrogen) atoms. The molecular weight excluding hydrogens is 516 g/mol. The Balaban J connectivity index is 1.38. The molecule has 3 N–H and O–H groups in total. The van der Waals surface area contributed by atoms with Crippen LogP contribution in [0.25, 0.3) is 10.8 Å². The van der Waals surface area contributed by atoms with Crippen molar-refractivity contribution < 1.29 is 23.9 Å². The summed E-state index contributed by atoms with van der Waals surface area (Å²) in [5.41, 5.74) is 8.38. The molecular formula is C34H36N2O5. The van der Waals surface area contributed by atoms with Gasteiger partial charge < -0.3 is 20.5 Å². The van der Waals surface area contributed by atoms with E-state index in [-0.39, 0.29) is 25.4 Å². The molecule has 0 saturated heterocycles. The van der Waals surface area contributed by atoms with Crippen molar-refractivity contribution in [3.8, 4) is 0 Å². The lowest BCUT2D eigenvalue weighted by Gasteiger charge is -2.22. The van der Waals surface area contributed by atoms with E-state index in [1.807, 2.05) is 103 Å². The number of benzene rings is 4. The highest BCUT2D eigenvalue weighted by atomic mass is 16.5. The van der Waals surface area contributed by atoms with Gasteiger partial charge in [-0.15, -0.1) is 0 Å². The molecule has 0 bridgehead atoms. The Labute approximate surface area is 240 Å². The predicted octanol–water partition coefficient (Wildman–Crippen LogP) is 5.24. The van der Waals surface area contributed by atoms with Gasteiger partial charge in [-0.05, 0) is 40.3 Å². The average molecular weight is 553 g/mol. The number of ether oxygens (including phenoxy) is 2. The second-order valence-corrected chi connectivity index (χ2v) is 10.1. The maximum Gasteiger partial charge on any atom is 0.323 e. The van der Waals surface area contributed by atoms with Gasteiger partial charge in [-0.3, -0.25) is 14.4 Å². The van der Waals surface area contributed by atoms with Crippen molar-refractivity contribution in [3.63, 3.8) is 0 Å². The lowest BCUT2D eigenvalue weighted by molar-refractivity contribution is -0.153. The zero-order valence-corrected chi connectivity index (χ0v) is 23.0. The number of nitrogens with two attached hydrogens (primary N) is 1. The van der Waals surface area contributed by atoms with Crippen LogP contribution in [0.4, 0.5) is 0 Å². The first kappa shape index (κ1) is 29.5. The number of esters is 2. The van der Waals surface area contributed by atoms with E-state index < -0.39 is 24.0 Å². The smallest absolute Gasteiger partial charge is 0.323 e. The van der Waals surface area contributed by atoms with Crippen LogP contribution < -0.4 is 11.1 Å². The second-order valence-electron chi connectivity index (χ2n) is 10.1. The molecule has 0 spiro atoms. The van der Waals surface area contributed by atoms with E-state index in [0.29, 0.717) is 25.8 Å². The highest BCUT2D eigenvalue weighted by molar-refractivity contribution is 5.83. The normalized spacial score (nSPS) is 12.4. The van der Waals surface area contributed by atoms with E-state index in [4.69, 9.17) is 15.2 Å². The van der Waals surface area contributed by atoms with Gasteiger partial charge >= 0.3 is 11.9 Å². The van der Waals surface area contributed by atoms with Crippen molar-refractivity contribution in [2.45, 2.75) is 57.4 Å². The molecule has 0 fully saturated rings. The van der Waals surface area contributed by atoms with Crippen LogP contribution in [-0.2, 0) is 43.4 Å². The third-order valence-corrected chi connectivity index (χ3v) is 6.79. The second kappa shape index (κ2) is 15.3. The lowest BCUT2D eigenvalue weighted by atomic mass is 10.0. The largest absolute Gasteiger partial charge is 0.461 e. The van der Waals surface area contributed by atoms with Crippen LogP contribution in [-0.4, -0.2) is 30.0 Å². The summed E-state index contributed by atoms with van der Waals surface area (Å²) in [4.78, 5) is 37.6. The zero-order chi connectivity index (χ0) is 28.9. The zero-order valence-electron chi connectivity index (χ0n) is 23.0. The molecule has 0 saturated carbocycles. The summed E-state index contributed by atoms with van der Waals surface area (Å²) < 4.78 is 11.3. The van der Waals surface area contributed by atoms with E-state index in [1.165, 1.54) is 0 Å². The van der Waals surface area contributed by atoms with Crippen LogP contribution in [0.1, 0.15) is 42.4 Å². The van der Waals surface area contributed by atoms with Crippen molar-refractivity contribution >= 4 is 28.6 Å². The quantitative estimate of drug-likeness (QED) is 0.195. The van der Waals surface area contributed by atoms with Gasteiger partial charge in [0.25, 0.3) is 0 Å². The molecule has 0 radical (unpaired) electrons. The van der Waals surface area contributed by atoms with Gasteiger partial charge in [-0.1, -0.05) is 103 Å². The standard InChI is InChI=1S/C34H36N2O5/c35-32(37)22-30(21-27-18-19-28-14-7-8-15-29(28)20-27)41-34(39)31(36-23-25-10-3-1-4-11-25)16-9-17-33(38)40-24-26-12-5-2-6-13-26/h1-8,10-15,18-20,30-31,36H,9,16-17,21-24H2,(H2,35,37)/t30-,31-/m0/s1. The number of rotatable bonds is 15. The Bertz CT molecular complexity index is 1430. The number of carbonyl (C=O) groups is 3. The number of nitrogens with one attached hydrogen (secondary N) is 1. The van der Waals surface area contributed by atoms with Crippen molar-refractivity contribution in [3.05, 3.63) is 120 Å². The minimum Gasteiger partial charge on any atom is -0.461 e. The molecule has 0 aliphatic rings. The number of amides is 1. The fraction of sp³-hybridized carbons (Fsp3) is 0.265. The van der Waals surface area contributed by atoms with E-state index in [9.17, 15) is 14.4 Å². The summed E-state index contributed by atoms with van der Waals surface area (Å²) in [6.07, 6.45) is 0.530. The summed E-state index contributed by atoms with van der Waals surface area (Å²) >= 11 is 0. The highest BCUT2D eigenvalue weighted by Gasteiger charge is 2.25. The Hall–Kier alpha value is -4.49. The first-order valence-electron chi connectivity index (χ1n) is 13.9. The van der Waals surface area contributed by atoms with E-state index >= 15 is 0 Å². The van der Waals surface area contributed by atoms with Crippen LogP contribution in [0.3, 0.4) is 0 Å². The Kier molecular flexibility index (Phi) is 11.0. The molecule has 7 nitrogen and oxygen atoms in total. The minimum atomic E-state index is -0.710. The van der Waals surface area contributed by atoms with E-state index in [1.54, 1.807) is 0 Å². The van der Waals surface area contributed by atoms with Crippen molar-refractivity contribution in [1.29, 1.82) is 0 Å². The SMILES string of the molecule is NC(=O)C[C@H](Cc1ccc2ccccc2c1)OC(=O)[C@H](CCCC(=O)OCc1ccccc1)NCc1ccccc1. The monoisotopic (exact) mass is 552 g/mol. The number of hydrogen-bond acceptors (Lipinski definition) is 6. The number of primary amides is 1. The Morgan fingerprint density at radius 1 is 0.756 bits per heavy atom. The first-order valence-corrected chi connectivity index (χ1v) is 13.9. The molecule has 212 valence electrons. The molecule has 0 unspecified atom stereocenters. The minimum absolute atomic E-state index is 0.0875. The number of fused-ring (bicyclic) bond motifs is 1. The molecule has 0 aliphatic heterocycles. The predicted molar refractivity (Wildman–Crippen MR) is 159 cm³/mol. The molecule has 4 aromatic rings. The molecule has 0 aliphatic carbocycles. The lowest BCUT2D eigenvalue weighted by Crippen LogP contribution is -2.40. The summed E-state index contributed by atoms with van der Waals surface area (Å²) in [6.45, 7) is 0.658. The number of carbonyl (C=O) groups excluding carboxylic acids is 3. The third-order valence-electron chi connectivity index (χ3n) is 6.79. The highest BCUT2D eigenvalue weighted by Crippen LogP contribution is 2.19. The molecule has 1 amide bonds. The molecule has 7 heteroatoms.